The normalized spacial score (nSPS) is 15.8. The number of rotatable bonds is 5. The number of benzene rings is 2. The highest BCUT2D eigenvalue weighted by Gasteiger charge is 2.32. The molecule has 2 aromatic carbocycles. The molecule has 0 bridgehead atoms. The first-order valence-electron chi connectivity index (χ1n) is 12.5. The van der Waals surface area contributed by atoms with Crippen LogP contribution >= 0.6 is 0 Å². The number of hydrogen-bond donors (Lipinski definition) is 1. The van der Waals surface area contributed by atoms with Crippen LogP contribution in [0.3, 0.4) is 0 Å². The standard InChI is InChI=1S/C28H31N5O3/c1-20-6-5-9-22(18-20)27(35)32-14-11-24-23(19-32)26(28(36)31-15-12-25(34)29-13-17-31)30-33(24)16-10-21-7-3-2-4-8-21/h2-9,18H,10-17,19H2,1H3,(H,29,34). The second-order valence-electron chi connectivity index (χ2n) is 9.47. The summed E-state index contributed by atoms with van der Waals surface area (Å²) in [5.74, 6) is -0.258. The van der Waals surface area contributed by atoms with E-state index in [0.717, 1.165) is 23.2 Å². The van der Waals surface area contributed by atoms with E-state index in [9.17, 15) is 14.4 Å². The third kappa shape index (κ3) is 5.03. The number of nitrogens with zero attached hydrogens (tertiary/aromatic N) is 4. The number of carbonyl (C=O) groups is 3. The topological polar surface area (TPSA) is 87.5 Å². The van der Waals surface area contributed by atoms with Gasteiger partial charge in [0.05, 0.1) is 6.54 Å². The van der Waals surface area contributed by atoms with Gasteiger partial charge in [0.25, 0.3) is 11.8 Å². The smallest absolute Gasteiger partial charge is 0.274 e. The van der Waals surface area contributed by atoms with E-state index < -0.39 is 0 Å². The number of aryl methyl sites for hydroxylation is 3. The number of nitrogens with one attached hydrogen (secondary N) is 1. The Balaban J connectivity index is 1.44. The summed E-state index contributed by atoms with van der Waals surface area (Å²) in [6.45, 7) is 4.79. The first-order valence-corrected chi connectivity index (χ1v) is 12.5. The Morgan fingerprint density at radius 1 is 0.944 bits per heavy atom. The number of fused-ring (bicyclic) bond motifs is 1. The Morgan fingerprint density at radius 3 is 2.56 bits per heavy atom. The van der Waals surface area contributed by atoms with Crippen molar-refractivity contribution >= 4 is 17.7 Å². The summed E-state index contributed by atoms with van der Waals surface area (Å²) in [7, 11) is 0. The molecule has 3 aromatic rings. The zero-order valence-electron chi connectivity index (χ0n) is 20.6. The molecule has 186 valence electrons. The van der Waals surface area contributed by atoms with Gasteiger partial charge in [-0.3, -0.25) is 19.1 Å². The van der Waals surface area contributed by atoms with Gasteiger partial charge in [0.2, 0.25) is 5.91 Å². The minimum absolute atomic E-state index is 0.0376. The lowest BCUT2D eigenvalue weighted by Crippen LogP contribution is -2.38. The summed E-state index contributed by atoms with van der Waals surface area (Å²) < 4.78 is 1.95. The van der Waals surface area contributed by atoms with Crippen LogP contribution in [0.5, 0.6) is 0 Å². The summed E-state index contributed by atoms with van der Waals surface area (Å²) in [5, 5.41) is 7.61. The lowest BCUT2D eigenvalue weighted by molar-refractivity contribution is -0.120. The highest BCUT2D eigenvalue weighted by atomic mass is 16.2. The quantitative estimate of drug-likeness (QED) is 0.602. The predicted octanol–water partition coefficient (Wildman–Crippen LogP) is 2.59. The molecule has 8 heteroatoms. The van der Waals surface area contributed by atoms with Crippen LogP contribution in [0.4, 0.5) is 0 Å². The number of carbonyl (C=O) groups excluding carboxylic acids is 3. The van der Waals surface area contributed by atoms with Crippen molar-refractivity contribution in [1.82, 2.24) is 24.9 Å². The van der Waals surface area contributed by atoms with E-state index in [1.165, 1.54) is 5.56 Å². The molecular formula is C28H31N5O3. The Hall–Kier alpha value is -3.94. The monoisotopic (exact) mass is 485 g/mol. The van der Waals surface area contributed by atoms with E-state index >= 15 is 0 Å². The molecule has 3 heterocycles. The molecule has 0 saturated carbocycles. The molecule has 0 atom stereocenters. The average molecular weight is 486 g/mol. The first-order chi connectivity index (χ1) is 17.5. The number of aromatic nitrogens is 2. The molecule has 5 rings (SSSR count). The van der Waals surface area contributed by atoms with Crippen molar-refractivity contribution in [2.45, 2.75) is 39.3 Å². The van der Waals surface area contributed by atoms with Crippen molar-refractivity contribution in [3.05, 3.63) is 88.2 Å². The molecule has 2 aliphatic rings. The van der Waals surface area contributed by atoms with Crippen LogP contribution in [0.15, 0.2) is 54.6 Å². The highest BCUT2D eigenvalue weighted by molar-refractivity contribution is 5.96. The fraction of sp³-hybridized carbons (Fsp3) is 0.357. The van der Waals surface area contributed by atoms with Gasteiger partial charge in [0, 0.05) is 62.4 Å². The molecule has 0 aliphatic carbocycles. The zero-order valence-corrected chi connectivity index (χ0v) is 20.6. The molecular weight excluding hydrogens is 454 g/mol. The van der Waals surface area contributed by atoms with E-state index in [1.54, 1.807) is 4.90 Å². The molecule has 0 radical (unpaired) electrons. The Bertz CT molecular complexity index is 1280. The fourth-order valence-electron chi connectivity index (χ4n) is 4.98. The van der Waals surface area contributed by atoms with Gasteiger partial charge in [0.1, 0.15) is 0 Å². The van der Waals surface area contributed by atoms with Crippen molar-refractivity contribution < 1.29 is 14.4 Å². The van der Waals surface area contributed by atoms with Crippen LogP contribution in [-0.4, -0.2) is 63.5 Å². The van der Waals surface area contributed by atoms with Gasteiger partial charge in [-0.2, -0.15) is 5.10 Å². The predicted molar refractivity (Wildman–Crippen MR) is 136 cm³/mol. The molecule has 1 aromatic heterocycles. The number of hydrogen-bond acceptors (Lipinski definition) is 4. The van der Waals surface area contributed by atoms with Crippen molar-refractivity contribution in [2.24, 2.45) is 0 Å². The van der Waals surface area contributed by atoms with Gasteiger partial charge in [0.15, 0.2) is 5.69 Å². The van der Waals surface area contributed by atoms with Gasteiger partial charge in [-0.15, -0.1) is 0 Å². The van der Waals surface area contributed by atoms with Gasteiger partial charge >= 0.3 is 0 Å². The van der Waals surface area contributed by atoms with E-state index in [0.29, 0.717) is 56.9 Å². The minimum atomic E-state index is -0.175. The largest absolute Gasteiger partial charge is 0.354 e. The lowest BCUT2D eigenvalue weighted by atomic mass is 10.0. The van der Waals surface area contributed by atoms with E-state index in [1.807, 2.05) is 59.0 Å². The Kier molecular flexibility index (Phi) is 6.84. The van der Waals surface area contributed by atoms with E-state index in [4.69, 9.17) is 5.10 Å². The summed E-state index contributed by atoms with van der Waals surface area (Å²) in [6, 6.07) is 17.8. The molecule has 1 N–H and O–H groups in total. The van der Waals surface area contributed by atoms with Crippen LogP contribution < -0.4 is 5.32 Å². The highest BCUT2D eigenvalue weighted by Crippen LogP contribution is 2.26. The first kappa shape index (κ1) is 23.8. The SMILES string of the molecule is Cc1cccc(C(=O)N2CCc3c(c(C(=O)N4CCNC(=O)CC4)nn3CCc3ccccc3)C2)c1. The van der Waals surface area contributed by atoms with Crippen molar-refractivity contribution in [1.29, 1.82) is 0 Å². The summed E-state index contributed by atoms with van der Waals surface area (Å²) in [4.78, 5) is 42.2. The molecule has 0 unspecified atom stereocenters. The van der Waals surface area contributed by atoms with Crippen molar-refractivity contribution in [2.75, 3.05) is 26.2 Å². The Morgan fingerprint density at radius 2 is 1.75 bits per heavy atom. The maximum atomic E-state index is 13.6. The average Bonchev–Trinajstić information content (AvgIpc) is 3.12. The zero-order chi connectivity index (χ0) is 25.1. The summed E-state index contributed by atoms with van der Waals surface area (Å²) in [5.41, 5.74) is 5.13. The molecule has 3 amide bonds. The van der Waals surface area contributed by atoms with Crippen molar-refractivity contribution in [3.63, 3.8) is 0 Å². The minimum Gasteiger partial charge on any atom is -0.354 e. The number of amides is 3. The van der Waals surface area contributed by atoms with Crippen LogP contribution in [-0.2, 0) is 30.7 Å². The maximum Gasteiger partial charge on any atom is 0.274 e. The lowest BCUT2D eigenvalue weighted by Gasteiger charge is -2.28. The summed E-state index contributed by atoms with van der Waals surface area (Å²) >= 11 is 0. The molecule has 36 heavy (non-hydrogen) atoms. The molecule has 0 spiro atoms. The van der Waals surface area contributed by atoms with Crippen molar-refractivity contribution in [3.8, 4) is 0 Å². The molecule has 8 nitrogen and oxygen atoms in total. The molecule has 1 fully saturated rings. The van der Waals surface area contributed by atoms with Crippen LogP contribution in [0.25, 0.3) is 0 Å². The van der Waals surface area contributed by atoms with Gasteiger partial charge in [-0.1, -0.05) is 48.0 Å². The second-order valence-corrected chi connectivity index (χ2v) is 9.47. The van der Waals surface area contributed by atoms with Crippen LogP contribution in [0, 0.1) is 6.92 Å². The van der Waals surface area contributed by atoms with Crippen LogP contribution in [0.2, 0.25) is 0 Å². The third-order valence-electron chi connectivity index (χ3n) is 6.94. The van der Waals surface area contributed by atoms with E-state index in [2.05, 4.69) is 17.4 Å². The van der Waals surface area contributed by atoms with Gasteiger partial charge in [-0.05, 0) is 31.0 Å². The Labute approximate surface area is 210 Å². The summed E-state index contributed by atoms with van der Waals surface area (Å²) in [6.07, 6.45) is 1.72. The van der Waals surface area contributed by atoms with Gasteiger partial charge in [-0.25, -0.2) is 0 Å². The molecule has 2 aliphatic heterocycles. The third-order valence-corrected chi connectivity index (χ3v) is 6.94. The second kappa shape index (κ2) is 10.4. The molecule has 1 saturated heterocycles. The maximum absolute atomic E-state index is 13.6. The fourth-order valence-corrected chi connectivity index (χ4v) is 4.98. The van der Waals surface area contributed by atoms with E-state index in [-0.39, 0.29) is 24.1 Å². The van der Waals surface area contributed by atoms with Gasteiger partial charge < -0.3 is 15.1 Å². The van der Waals surface area contributed by atoms with Crippen LogP contribution in [0.1, 0.15) is 49.7 Å².